The molecule has 0 radical (unpaired) electrons. The Bertz CT molecular complexity index is 225. The van der Waals surface area contributed by atoms with Crippen LogP contribution in [0.15, 0.2) is 11.4 Å². The largest absolute Gasteiger partial charge is 0.149 e. The zero-order valence-corrected chi connectivity index (χ0v) is 10.0. The third-order valence-electron chi connectivity index (χ3n) is 2.10. The molecule has 68 valence electrons. The molecule has 0 aromatic carbocycles. The van der Waals surface area contributed by atoms with E-state index in [1.165, 1.54) is 23.3 Å². The molecule has 0 N–H and O–H groups in total. The molecule has 0 amide bonds. The lowest BCUT2D eigenvalue weighted by atomic mass is 10.0. The average molecular weight is 247 g/mol. The van der Waals surface area contributed by atoms with Crippen LogP contribution in [-0.2, 0) is 6.42 Å². The van der Waals surface area contributed by atoms with Gasteiger partial charge in [0.05, 0.1) is 0 Å². The smallest absolute Gasteiger partial charge is 0.00627 e. The Morgan fingerprint density at radius 3 is 2.75 bits per heavy atom. The van der Waals surface area contributed by atoms with Gasteiger partial charge in [-0.2, -0.15) is 0 Å². The first-order valence-corrected chi connectivity index (χ1v) is 6.36. The number of halogens is 1. The number of alkyl halides is 1. The summed E-state index contributed by atoms with van der Waals surface area (Å²) in [4.78, 5) is 1.43. The van der Waals surface area contributed by atoms with E-state index >= 15 is 0 Å². The fourth-order valence-electron chi connectivity index (χ4n) is 1.25. The van der Waals surface area contributed by atoms with Crippen LogP contribution in [0.1, 0.15) is 23.8 Å². The van der Waals surface area contributed by atoms with Gasteiger partial charge in [0.15, 0.2) is 0 Å². The Kier molecular flexibility index (Phi) is 4.30. The summed E-state index contributed by atoms with van der Waals surface area (Å²) < 4.78 is 0. The van der Waals surface area contributed by atoms with Crippen molar-refractivity contribution in [3.63, 3.8) is 0 Å². The third kappa shape index (κ3) is 2.91. The van der Waals surface area contributed by atoms with Gasteiger partial charge in [0.25, 0.3) is 0 Å². The SMILES string of the molecule is CCC(CBr)Cc1csc(C)c1. The summed E-state index contributed by atoms with van der Waals surface area (Å²) in [5, 5.41) is 3.40. The van der Waals surface area contributed by atoms with Gasteiger partial charge in [-0.15, -0.1) is 11.3 Å². The van der Waals surface area contributed by atoms with Crippen molar-refractivity contribution in [3.05, 3.63) is 21.9 Å². The van der Waals surface area contributed by atoms with Gasteiger partial charge >= 0.3 is 0 Å². The first kappa shape index (κ1) is 10.3. The van der Waals surface area contributed by atoms with Crippen LogP contribution in [0.2, 0.25) is 0 Å². The van der Waals surface area contributed by atoms with Crippen LogP contribution >= 0.6 is 27.3 Å². The lowest BCUT2D eigenvalue weighted by Crippen LogP contribution is -2.03. The molecule has 1 rings (SSSR count). The molecule has 1 aromatic heterocycles. The minimum Gasteiger partial charge on any atom is -0.149 e. The molecule has 0 aliphatic heterocycles. The van der Waals surface area contributed by atoms with Crippen molar-refractivity contribution >= 4 is 27.3 Å². The summed E-state index contributed by atoms with van der Waals surface area (Å²) in [6.45, 7) is 4.43. The van der Waals surface area contributed by atoms with E-state index in [9.17, 15) is 0 Å². The summed E-state index contributed by atoms with van der Waals surface area (Å²) in [6.07, 6.45) is 2.49. The van der Waals surface area contributed by atoms with Crippen LogP contribution in [-0.4, -0.2) is 5.33 Å². The molecule has 0 aliphatic carbocycles. The van der Waals surface area contributed by atoms with Gasteiger partial charge in [-0.05, 0) is 36.3 Å². The van der Waals surface area contributed by atoms with Gasteiger partial charge in [-0.3, -0.25) is 0 Å². The van der Waals surface area contributed by atoms with E-state index in [-0.39, 0.29) is 0 Å². The standard InChI is InChI=1S/C10H15BrS/c1-3-9(6-11)5-10-4-8(2)12-7-10/h4,7,9H,3,5-6H2,1-2H3. The average Bonchev–Trinajstić information content (AvgIpc) is 2.47. The van der Waals surface area contributed by atoms with Crippen LogP contribution in [0.25, 0.3) is 0 Å². The fourth-order valence-corrected chi connectivity index (χ4v) is 2.65. The number of aryl methyl sites for hydroxylation is 1. The van der Waals surface area contributed by atoms with Crippen LogP contribution in [0.4, 0.5) is 0 Å². The highest BCUT2D eigenvalue weighted by atomic mass is 79.9. The van der Waals surface area contributed by atoms with E-state index in [0.717, 1.165) is 11.2 Å². The van der Waals surface area contributed by atoms with Crippen LogP contribution < -0.4 is 0 Å². The van der Waals surface area contributed by atoms with E-state index in [1.807, 2.05) is 11.3 Å². The molecule has 0 fully saturated rings. The number of thiophene rings is 1. The van der Waals surface area contributed by atoms with Crippen molar-refractivity contribution in [2.24, 2.45) is 5.92 Å². The van der Waals surface area contributed by atoms with E-state index in [2.05, 4.69) is 41.2 Å². The normalized spacial score (nSPS) is 13.2. The minimum atomic E-state index is 0.805. The number of rotatable bonds is 4. The summed E-state index contributed by atoms with van der Waals surface area (Å²) in [5.74, 6) is 0.805. The molecule has 0 spiro atoms. The molecule has 0 aliphatic rings. The van der Waals surface area contributed by atoms with Gasteiger partial charge in [0.1, 0.15) is 0 Å². The fraction of sp³-hybridized carbons (Fsp3) is 0.600. The van der Waals surface area contributed by atoms with Crippen LogP contribution in [0.5, 0.6) is 0 Å². The Morgan fingerprint density at radius 2 is 2.33 bits per heavy atom. The predicted octanol–water partition coefficient (Wildman–Crippen LogP) is 4.02. The van der Waals surface area contributed by atoms with Crippen LogP contribution in [0, 0.1) is 12.8 Å². The van der Waals surface area contributed by atoms with Crippen molar-refractivity contribution in [1.29, 1.82) is 0 Å². The number of hydrogen-bond donors (Lipinski definition) is 0. The second kappa shape index (κ2) is 5.03. The Morgan fingerprint density at radius 1 is 1.58 bits per heavy atom. The summed E-state index contributed by atoms with van der Waals surface area (Å²) in [6, 6.07) is 2.30. The maximum atomic E-state index is 3.54. The molecule has 1 atom stereocenters. The number of hydrogen-bond acceptors (Lipinski definition) is 1. The zero-order valence-electron chi connectivity index (χ0n) is 7.64. The lowest BCUT2D eigenvalue weighted by molar-refractivity contribution is 0.574. The maximum absolute atomic E-state index is 3.54. The molecule has 0 bridgehead atoms. The maximum Gasteiger partial charge on any atom is 0.00627 e. The molecule has 1 unspecified atom stereocenters. The Balaban J connectivity index is 2.50. The molecule has 1 heterocycles. The molecule has 0 saturated heterocycles. The van der Waals surface area contributed by atoms with Gasteiger partial charge in [-0.25, -0.2) is 0 Å². The molecular formula is C10H15BrS. The molecule has 2 heteroatoms. The summed E-state index contributed by atoms with van der Waals surface area (Å²) in [5.41, 5.74) is 1.50. The van der Waals surface area contributed by atoms with E-state index in [0.29, 0.717) is 0 Å². The first-order chi connectivity index (χ1) is 5.76. The summed E-state index contributed by atoms with van der Waals surface area (Å²) in [7, 11) is 0. The van der Waals surface area contributed by atoms with Crippen molar-refractivity contribution in [3.8, 4) is 0 Å². The van der Waals surface area contributed by atoms with Crippen molar-refractivity contribution in [2.45, 2.75) is 26.7 Å². The van der Waals surface area contributed by atoms with E-state index in [1.54, 1.807) is 0 Å². The molecule has 0 saturated carbocycles. The molecule has 12 heavy (non-hydrogen) atoms. The highest BCUT2D eigenvalue weighted by molar-refractivity contribution is 9.09. The van der Waals surface area contributed by atoms with E-state index < -0.39 is 0 Å². The van der Waals surface area contributed by atoms with Gasteiger partial charge in [-0.1, -0.05) is 29.3 Å². The summed E-state index contributed by atoms with van der Waals surface area (Å²) >= 11 is 5.40. The quantitative estimate of drug-likeness (QED) is 0.705. The molecule has 1 aromatic rings. The minimum absolute atomic E-state index is 0.805. The second-order valence-corrected chi connectivity index (χ2v) is 4.96. The second-order valence-electron chi connectivity index (χ2n) is 3.20. The lowest BCUT2D eigenvalue weighted by Gasteiger charge is -2.08. The first-order valence-electron chi connectivity index (χ1n) is 4.36. The Hall–Kier alpha value is 0.180. The predicted molar refractivity (Wildman–Crippen MR) is 60.3 cm³/mol. The highest BCUT2D eigenvalue weighted by Gasteiger charge is 2.06. The van der Waals surface area contributed by atoms with Crippen molar-refractivity contribution in [1.82, 2.24) is 0 Å². The van der Waals surface area contributed by atoms with Crippen molar-refractivity contribution in [2.75, 3.05) is 5.33 Å². The van der Waals surface area contributed by atoms with Gasteiger partial charge < -0.3 is 0 Å². The van der Waals surface area contributed by atoms with Crippen molar-refractivity contribution < 1.29 is 0 Å². The van der Waals surface area contributed by atoms with Crippen LogP contribution in [0.3, 0.4) is 0 Å². The molecule has 0 nitrogen and oxygen atoms in total. The van der Waals surface area contributed by atoms with E-state index in [4.69, 9.17) is 0 Å². The third-order valence-corrected chi connectivity index (χ3v) is 3.93. The Labute approximate surface area is 87.1 Å². The molecular weight excluding hydrogens is 232 g/mol. The zero-order chi connectivity index (χ0) is 8.97. The van der Waals surface area contributed by atoms with Gasteiger partial charge in [0, 0.05) is 10.2 Å². The topological polar surface area (TPSA) is 0 Å². The highest BCUT2D eigenvalue weighted by Crippen LogP contribution is 2.19. The monoisotopic (exact) mass is 246 g/mol. The van der Waals surface area contributed by atoms with Gasteiger partial charge in [0.2, 0.25) is 0 Å².